The molecule has 0 heterocycles. The first-order valence-corrected chi connectivity index (χ1v) is 8.51. The predicted octanol–water partition coefficient (Wildman–Crippen LogP) is 1.65. The number of rotatable bonds is 9. The number of methoxy groups -OCH3 is 1. The fraction of sp³-hybridized carbons (Fsp3) is 0.500. The van der Waals surface area contributed by atoms with Crippen molar-refractivity contribution in [2.45, 2.75) is 26.7 Å². The van der Waals surface area contributed by atoms with Crippen LogP contribution in [0.2, 0.25) is 0 Å². The number of ether oxygens (including phenoxy) is 1. The predicted molar refractivity (Wildman–Crippen MR) is 96.4 cm³/mol. The van der Waals surface area contributed by atoms with Crippen LogP contribution in [-0.2, 0) is 14.3 Å². The number of carbonyl (C=O) groups is 3. The SMILES string of the molecule is CCCN(CCC)CCNC(=O)C(=O)Nc1ccc(C(=O)OC)cc1. The van der Waals surface area contributed by atoms with Crippen molar-refractivity contribution < 1.29 is 19.1 Å². The van der Waals surface area contributed by atoms with E-state index in [1.807, 2.05) is 0 Å². The molecule has 0 saturated heterocycles. The molecule has 0 atom stereocenters. The largest absolute Gasteiger partial charge is 0.465 e. The van der Waals surface area contributed by atoms with E-state index < -0.39 is 17.8 Å². The molecule has 25 heavy (non-hydrogen) atoms. The van der Waals surface area contributed by atoms with Crippen molar-refractivity contribution in [2.24, 2.45) is 0 Å². The van der Waals surface area contributed by atoms with E-state index in [1.54, 1.807) is 12.1 Å². The maximum Gasteiger partial charge on any atom is 0.337 e. The molecule has 7 heteroatoms. The summed E-state index contributed by atoms with van der Waals surface area (Å²) in [6, 6.07) is 6.13. The van der Waals surface area contributed by atoms with Crippen LogP contribution in [0.4, 0.5) is 5.69 Å². The van der Waals surface area contributed by atoms with Gasteiger partial charge >= 0.3 is 17.8 Å². The molecule has 0 aliphatic heterocycles. The lowest BCUT2D eigenvalue weighted by Gasteiger charge is -2.20. The fourth-order valence-corrected chi connectivity index (χ4v) is 2.37. The normalized spacial score (nSPS) is 10.4. The van der Waals surface area contributed by atoms with Crippen molar-refractivity contribution in [2.75, 3.05) is 38.6 Å². The number of carbonyl (C=O) groups excluding carboxylic acids is 3. The summed E-state index contributed by atoms with van der Waals surface area (Å²) < 4.78 is 4.60. The summed E-state index contributed by atoms with van der Waals surface area (Å²) in [4.78, 5) is 37.3. The number of esters is 1. The van der Waals surface area contributed by atoms with Gasteiger partial charge in [-0.2, -0.15) is 0 Å². The van der Waals surface area contributed by atoms with Gasteiger partial charge in [0.15, 0.2) is 0 Å². The Hall–Kier alpha value is -2.41. The lowest BCUT2D eigenvalue weighted by Crippen LogP contribution is -2.40. The average molecular weight is 349 g/mol. The summed E-state index contributed by atoms with van der Waals surface area (Å²) >= 11 is 0. The van der Waals surface area contributed by atoms with Gasteiger partial charge in [-0.15, -0.1) is 0 Å². The number of nitrogens with zero attached hydrogens (tertiary/aromatic N) is 1. The molecule has 7 nitrogen and oxygen atoms in total. The third kappa shape index (κ3) is 7.34. The molecule has 0 saturated carbocycles. The second kappa shape index (κ2) is 11.2. The van der Waals surface area contributed by atoms with Gasteiger partial charge in [-0.1, -0.05) is 13.8 Å². The highest BCUT2D eigenvalue weighted by atomic mass is 16.5. The van der Waals surface area contributed by atoms with Crippen molar-refractivity contribution >= 4 is 23.5 Å². The van der Waals surface area contributed by atoms with Gasteiger partial charge in [0.05, 0.1) is 12.7 Å². The molecule has 0 aliphatic rings. The number of hydrogen-bond acceptors (Lipinski definition) is 5. The van der Waals surface area contributed by atoms with Gasteiger partial charge in [0.2, 0.25) is 0 Å². The number of benzene rings is 1. The molecule has 0 bridgehead atoms. The second-order valence-electron chi connectivity index (χ2n) is 5.62. The molecule has 0 aliphatic carbocycles. The lowest BCUT2D eigenvalue weighted by molar-refractivity contribution is -0.136. The summed E-state index contributed by atoms with van der Waals surface area (Å²) in [6.07, 6.45) is 2.10. The highest BCUT2D eigenvalue weighted by Gasteiger charge is 2.14. The van der Waals surface area contributed by atoms with Crippen LogP contribution in [0.5, 0.6) is 0 Å². The Morgan fingerprint density at radius 2 is 1.56 bits per heavy atom. The summed E-state index contributed by atoms with van der Waals surface area (Å²) in [6.45, 7) is 7.31. The number of nitrogens with one attached hydrogen (secondary N) is 2. The highest BCUT2D eigenvalue weighted by Crippen LogP contribution is 2.10. The van der Waals surface area contributed by atoms with E-state index in [1.165, 1.54) is 19.2 Å². The minimum absolute atomic E-state index is 0.372. The van der Waals surface area contributed by atoms with E-state index >= 15 is 0 Å². The van der Waals surface area contributed by atoms with Crippen LogP contribution in [-0.4, -0.2) is 56.0 Å². The average Bonchev–Trinajstić information content (AvgIpc) is 2.61. The Labute approximate surface area is 148 Å². The Morgan fingerprint density at radius 1 is 0.960 bits per heavy atom. The van der Waals surface area contributed by atoms with Gasteiger partial charge < -0.3 is 20.3 Å². The maximum absolute atomic E-state index is 11.9. The smallest absolute Gasteiger partial charge is 0.337 e. The van der Waals surface area contributed by atoms with Gasteiger partial charge in [-0.3, -0.25) is 9.59 Å². The van der Waals surface area contributed by atoms with Crippen molar-refractivity contribution in [1.82, 2.24) is 10.2 Å². The van der Waals surface area contributed by atoms with Crippen molar-refractivity contribution in [3.8, 4) is 0 Å². The van der Waals surface area contributed by atoms with Gasteiger partial charge in [0.25, 0.3) is 0 Å². The van der Waals surface area contributed by atoms with E-state index in [-0.39, 0.29) is 0 Å². The zero-order valence-corrected chi connectivity index (χ0v) is 15.1. The molecule has 1 rings (SSSR count). The van der Waals surface area contributed by atoms with Crippen LogP contribution >= 0.6 is 0 Å². The van der Waals surface area contributed by atoms with Gasteiger partial charge in [-0.25, -0.2) is 4.79 Å². The number of anilines is 1. The second-order valence-corrected chi connectivity index (χ2v) is 5.62. The Balaban J connectivity index is 2.43. The molecular formula is C18H27N3O4. The Morgan fingerprint density at radius 3 is 2.08 bits per heavy atom. The third-order valence-corrected chi connectivity index (χ3v) is 3.56. The van der Waals surface area contributed by atoms with Crippen LogP contribution in [0, 0.1) is 0 Å². The molecule has 1 aromatic carbocycles. The first-order chi connectivity index (χ1) is 12.0. The molecule has 0 unspecified atom stereocenters. The third-order valence-electron chi connectivity index (χ3n) is 3.56. The Bertz CT molecular complexity index is 566. The van der Waals surface area contributed by atoms with Crippen molar-refractivity contribution in [1.29, 1.82) is 0 Å². The van der Waals surface area contributed by atoms with E-state index in [2.05, 4.69) is 34.1 Å². The van der Waals surface area contributed by atoms with Crippen molar-refractivity contribution in [3.63, 3.8) is 0 Å². The monoisotopic (exact) mass is 349 g/mol. The topological polar surface area (TPSA) is 87.7 Å². The summed E-state index contributed by atoms with van der Waals surface area (Å²) in [5.41, 5.74) is 0.809. The minimum Gasteiger partial charge on any atom is -0.465 e. The first-order valence-electron chi connectivity index (χ1n) is 8.51. The number of hydrogen-bond donors (Lipinski definition) is 2. The van der Waals surface area contributed by atoms with Crippen LogP contribution in [0.15, 0.2) is 24.3 Å². The van der Waals surface area contributed by atoms with E-state index in [0.29, 0.717) is 24.3 Å². The van der Waals surface area contributed by atoms with Crippen LogP contribution in [0.1, 0.15) is 37.0 Å². The minimum atomic E-state index is -0.733. The molecule has 0 radical (unpaired) electrons. The van der Waals surface area contributed by atoms with Crippen molar-refractivity contribution in [3.05, 3.63) is 29.8 Å². The molecule has 2 amide bonds. The molecule has 1 aromatic rings. The quantitative estimate of drug-likeness (QED) is 0.523. The van der Waals surface area contributed by atoms with Crippen LogP contribution in [0.25, 0.3) is 0 Å². The summed E-state index contributed by atoms with van der Waals surface area (Å²) in [5.74, 6) is -1.87. The number of amides is 2. The van der Waals surface area contributed by atoms with Gasteiger partial charge in [0, 0.05) is 18.8 Å². The van der Waals surface area contributed by atoms with Crippen LogP contribution in [0.3, 0.4) is 0 Å². The Kier molecular flexibility index (Phi) is 9.24. The fourth-order valence-electron chi connectivity index (χ4n) is 2.37. The zero-order chi connectivity index (χ0) is 18.7. The summed E-state index contributed by atoms with van der Waals surface area (Å²) in [5, 5.41) is 5.12. The highest BCUT2D eigenvalue weighted by molar-refractivity contribution is 6.39. The first kappa shape index (κ1) is 20.6. The molecule has 0 fully saturated rings. The van der Waals surface area contributed by atoms with Gasteiger partial charge in [-0.05, 0) is 50.2 Å². The van der Waals surface area contributed by atoms with E-state index in [9.17, 15) is 14.4 Å². The van der Waals surface area contributed by atoms with E-state index in [0.717, 1.165) is 25.9 Å². The van der Waals surface area contributed by atoms with Gasteiger partial charge in [0.1, 0.15) is 0 Å². The maximum atomic E-state index is 11.9. The lowest BCUT2D eigenvalue weighted by atomic mass is 10.2. The molecular weight excluding hydrogens is 322 g/mol. The molecule has 0 aromatic heterocycles. The zero-order valence-electron chi connectivity index (χ0n) is 15.1. The summed E-state index contributed by atoms with van der Waals surface area (Å²) in [7, 11) is 1.30. The van der Waals surface area contributed by atoms with Crippen LogP contribution < -0.4 is 10.6 Å². The molecule has 138 valence electrons. The standard InChI is InChI=1S/C18H27N3O4/c1-4-11-21(12-5-2)13-10-19-16(22)17(23)20-15-8-6-14(7-9-15)18(24)25-3/h6-9H,4-5,10-13H2,1-3H3,(H,19,22)(H,20,23). The molecule has 0 spiro atoms. The van der Waals surface area contributed by atoms with E-state index in [4.69, 9.17) is 0 Å². The molecule has 2 N–H and O–H groups in total.